The highest BCUT2D eigenvalue weighted by Gasteiger charge is 2.27. The molecule has 1 aromatic carbocycles. The summed E-state index contributed by atoms with van der Waals surface area (Å²) in [5.41, 5.74) is 2.90. The van der Waals surface area contributed by atoms with Crippen LogP contribution in [0.15, 0.2) is 34.4 Å². The largest absolute Gasteiger partial charge is 0.372 e. The Morgan fingerprint density at radius 3 is 2.50 bits per heavy atom. The summed E-state index contributed by atoms with van der Waals surface area (Å²) in [5.74, 6) is 0. The maximum Gasteiger partial charge on any atom is 0.0286 e. The predicted octanol–water partition coefficient (Wildman–Crippen LogP) is 4.83. The van der Waals surface area contributed by atoms with Crippen molar-refractivity contribution >= 4 is 22.0 Å². The first-order valence-electron chi connectivity index (χ1n) is 7.06. The minimum atomic E-state index is 0.840. The van der Waals surface area contributed by atoms with Crippen LogP contribution >= 0.6 is 15.9 Å². The second-order valence-electron chi connectivity index (χ2n) is 5.42. The van der Waals surface area contributed by atoms with Gasteiger partial charge in [-0.25, -0.2) is 0 Å². The first-order valence-corrected chi connectivity index (χ1v) is 7.85. The van der Waals surface area contributed by atoms with Gasteiger partial charge in [-0.2, -0.15) is 0 Å². The predicted molar refractivity (Wildman–Crippen MR) is 80.3 cm³/mol. The lowest BCUT2D eigenvalue weighted by molar-refractivity contribution is 0.146. The number of hydrogen-bond donors (Lipinski definition) is 0. The molecule has 1 aliphatic carbocycles. The number of piperidine rings is 1. The molecule has 1 aliphatic heterocycles. The van der Waals surface area contributed by atoms with Crippen molar-refractivity contribution in [2.75, 3.05) is 6.54 Å². The smallest absolute Gasteiger partial charge is 0.0286 e. The molecule has 0 radical (unpaired) electrons. The highest BCUT2D eigenvalue weighted by Crippen LogP contribution is 2.33. The molecular formula is C16H20BrN. The number of rotatable bonds is 2. The van der Waals surface area contributed by atoms with E-state index in [1.165, 1.54) is 50.6 Å². The molecule has 0 amide bonds. The molecule has 3 rings (SSSR count). The molecule has 0 spiro atoms. The number of benzene rings is 1. The van der Waals surface area contributed by atoms with Gasteiger partial charge in [0.2, 0.25) is 0 Å². The zero-order valence-corrected chi connectivity index (χ0v) is 12.3. The number of halogens is 1. The van der Waals surface area contributed by atoms with Crippen LogP contribution in [0.4, 0.5) is 0 Å². The van der Waals surface area contributed by atoms with Crippen LogP contribution in [0.25, 0.3) is 6.08 Å². The molecule has 1 saturated heterocycles. The quantitative estimate of drug-likeness (QED) is 0.756. The average molecular weight is 306 g/mol. The van der Waals surface area contributed by atoms with Gasteiger partial charge >= 0.3 is 0 Å². The van der Waals surface area contributed by atoms with Gasteiger partial charge in [-0.3, -0.25) is 0 Å². The van der Waals surface area contributed by atoms with E-state index in [4.69, 9.17) is 0 Å². The molecule has 0 aromatic heterocycles. The van der Waals surface area contributed by atoms with E-state index in [9.17, 15) is 0 Å². The van der Waals surface area contributed by atoms with Gasteiger partial charge < -0.3 is 4.90 Å². The van der Waals surface area contributed by atoms with E-state index in [2.05, 4.69) is 51.2 Å². The minimum Gasteiger partial charge on any atom is -0.372 e. The second-order valence-corrected chi connectivity index (χ2v) is 6.34. The summed E-state index contributed by atoms with van der Waals surface area (Å²) in [6.07, 6.45) is 10.6. The van der Waals surface area contributed by atoms with E-state index in [0.29, 0.717) is 0 Å². The van der Waals surface area contributed by atoms with Crippen LogP contribution < -0.4 is 0 Å². The molecule has 1 saturated carbocycles. The molecule has 1 nitrogen and oxygen atoms in total. The van der Waals surface area contributed by atoms with E-state index >= 15 is 0 Å². The molecule has 0 N–H and O–H groups in total. The van der Waals surface area contributed by atoms with E-state index < -0.39 is 0 Å². The van der Waals surface area contributed by atoms with Gasteiger partial charge in [0, 0.05) is 22.8 Å². The Morgan fingerprint density at radius 1 is 1.06 bits per heavy atom. The van der Waals surface area contributed by atoms with Gasteiger partial charge in [-0.15, -0.1) is 0 Å². The molecule has 0 bridgehead atoms. The normalized spacial score (nSPS) is 23.2. The lowest BCUT2D eigenvalue weighted by Crippen LogP contribution is -2.41. The van der Waals surface area contributed by atoms with Gasteiger partial charge in [0.25, 0.3) is 0 Å². The molecule has 18 heavy (non-hydrogen) atoms. The summed E-state index contributed by atoms with van der Waals surface area (Å²) in [6.45, 7) is 1.27. The van der Waals surface area contributed by atoms with E-state index in [1.54, 1.807) is 5.70 Å². The van der Waals surface area contributed by atoms with Gasteiger partial charge in [-0.1, -0.05) is 28.1 Å². The van der Waals surface area contributed by atoms with Crippen LogP contribution in [-0.4, -0.2) is 17.5 Å². The number of nitrogens with zero attached hydrogens (tertiary/aromatic N) is 1. The molecule has 1 heterocycles. The fourth-order valence-corrected chi connectivity index (χ4v) is 3.16. The summed E-state index contributed by atoms with van der Waals surface area (Å²) in [7, 11) is 0. The SMILES string of the molecule is Brc1ccc(C=C2CCCCN2C2CCC2)cc1. The Bertz CT molecular complexity index is 431. The van der Waals surface area contributed by atoms with E-state index in [1.807, 2.05) is 0 Å². The van der Waals surface area contributed by atoms with Gasteiger partial charge in [-0.05, 0) is 62.3 Å². The van der Waals surface area contributed by atoms with Crippen molar-refractivity contribution in [3.8, 4) is 0 Å². The Balaban J connectivity index is 1.80. The Kier molecular flexibility index (Phi) is 3.74. The number of hydrogen-bond acceptors (Lipinski definition) is 1. The third-order valence-electron chi connectivity index (χ3n) is 4.17. The van der Waals surface area contributed by atoms with Gasteiger partial charge in [0.15, 0.2) is 0 Å². The summed E-state index contributed by atoms with van der Waals surface area (Å²) in [4.78, 5) is 2.68. The van der Waals surface area contributed by atoms with Crippen molar-refractivity contribution in [2.24, 2.45) is 0 Å². The fraction of sp³-hybridized carbons (Fsp3) is 0.500. The summed E-state index contributed by atoms with van der Waals surface area (Å²) >= 11 is 3.49. The first kappa shape index (κ1) is 12.3. The Labute approximate surface area is 118 Å². The van der Waals surface area contributed by atoms with Crippen LogP contribution in [0.1, 0.15) is 44.1 Å². The van der Waals surface area contributed by atoms with Gasteiger partial charge in [0.05, 0.1) is 0 Å². The topological polar surface area (TPSA) is 3.24 Å². The maximum atomic E-state index is 3.49. The van der Waals surface area contributed by atoms with Crippen molar-refractivity contribution < 1.29 is 0 Å². The van der Waals surface area contributed by atoms with Crippen LogP contribution in [0, 0.1) is 0 Å². The maximum absolute atomic E-state index is 3.49. The van der Waals surface area contributed by atoms with Crippen LogP contribution in [0.5, 0.6) is 0 Å². The van der Waals surface area contributed by atoms with E-state index in [-0.39, 0.29) is 0 Å². The number of allylic oxidation sites excluding steroid dienone is 1. The molecule has 2 aliphatic rings. The lowest BCUT2D eigenvalue weighted by atomic mass is 9.89. The van der Waals surface area contributed by atoms with Crippen molar-refractivity contribution in [1.29, 1.82) is 0 Å². The third-order valence-corrected chi connectivity index (χ3v) is 4.70. The second kappa shape index (κ2) is 5.48. The minimum absolute atomic E-state index is 0.840. The van der Waals surface area contributed by atoms with Crippen LogP contribution in [-0.2, 0) is 0 Å². The molecule has 0 unspecified atom stereocenters. The third kappa shape index (κ3) is 2.64. The zero-order chi connectivity index (χ0) is 12.4. The zero-order valence-electron chi connectivity index (χ0n) is 10.7. The molecule has 2 fully saturated rings. The van der Waals surface area contributed by atoms with Crippen LogP contribution in [0.2, 0.25) is 0 Å². The van der Waals surface area contributed by atoms with Gasteiger partial charge in [0.1, 0.15) is 0 Å². The summed E-state index contributed by atoms with van der Waals surface area (Å²) < 4.78 is 1.16. The monoisotopic (exact) mass is 305 g/mol. The summed E-state index contributed by atoms with van der Waals surface area (Å²) in [6, 6.07) is 9.49. The van der Waals surface area contributed by atoms with Crippen LogP contribution in [0.3, 0.4) is 0 Å². The fourth-order valence-electron chi connectivity index (χ4n) is 2.90. The van der Waals surface area contributed by atoms with Crippen molar-refractivity contribution in [3.63, 3.8) is 0 Å². The molecule has 1 aromatic rings. The van der Waals surface area contributed by atoms with Crippen molar-refractivity contribution in [3.05, 3.63) is 40.0 Å². The summed E-state index contributed by atoms with van der Waals surface area (Å²) in [5, 5.41) is 0. The average Bonchev–Trinajstić information content (AvgIpc) is 2.32. The lowest BCUT2D eigenvalue weighted by Gasteiger charge is -2.43. The molecular weight excluding hydrogens is 286 g/mol. The highest BCUT2D eigenvalue weighted by atomic mass is 79.9. The Hall–Kier alpha value is -0.760. The molecule has 2 heteroatoms. The highest BCUT2D eigenvalue weighted by molar-refractivity contribution is 9.10. The van der Waals surface area contributed by atoms with Crippen molar-refractivity contribution in [2.45, 2.75) is 44.6 Å². The van der Waals surface area contributed by atoms with E-state index in [0.717, 1.165) is 10.5 Å². The standard InChI is InChI=1S/C16H20BrN/c17-14-9-7-13(8-10-14)12-16-4-1-2-11-18(16)15-5-3-6-15/h7-10,12,15H,1-6,11H2. The Morgan fingerprint density at radius 2 is 1.83 bits per heavy atom. The molecule has 0 atom stereocenters. The molecule has 96 valence electrons. The number of likely N-dealkylation sites (tertiary alicyclic amines) is 1. The first-order chi connectivity index (χ1) is 8.83. The van der Waals surface area contributed by atoms with Crippen molar-refractivity contribution in [1.82, 2.24) is 4.90 Å².